The Kier molecular flexibility index (Phi) is 22.4. The summed E-state index contributed by atoms with van der Waals surface area (Å²) < 4.78 is 20.9. The number of methoxy groups -OCH3 is 1. The molecule has 230 valence electrons. The van der Waals surface area contributed by atoms with E-state index < -0.39 is 11.4 Å². The molecule has 0 aromatic heterocycles. The zero-order valence-corrected chi connectivity index (χ0v) is 26.1. The molecule has 0 spiro atoms. The Balaban J connectivity index is 0.00000186. The molecular formula is C33H44ClNO7. The van der Waals surface area contributed by atoms with E-state index in [1.807, 2.05) is 87.5 Å². The van der Waals surface area contributed by atoms with Crippen LogP contribution in [-0.4, -0.2) is 44.2 Å². The number of allylic oxidation sites excluding steroid dienone is 3. The van der Waals surface area contributed by atoms with Crippen LogP contribution in [0.15, 0.2) is 85.0 Å². The van der Waals surface area contributed by atoms with Crippen LogP contribution in [0.3, 0.4) is 0 Å². The number of hydrogen-bond donors (Lipinski definition) is 1. The van der Waals surface area contributed by atoms with Crippen LogP contribution in [0, 0.1) is 0 Å². The van der Waals surface area contributed by atoms with Gasteiger partial charge in [-0.1, -0.05) is 81.1 Å². The van der Waals surface area contributed by atoms with E-state index >= 15 is 0 Å². The van der Waals surface area contributed by atoms with Crippen molar-refractivity contribution in [3.8, 4) is 11.5 Å². The van der Waals surface area contributed by atoms with Gasteiger partial charge in [-0.05, 0) is 49.1 Å². The van der Waals surface area contributed by atoms with E-state index in [2.05, 4.69) is 21.4 Å². The molecule has 1 N–H and O–H groups in total. The molecule has 0 aliphatic rings. The zero-order chi connectivity index (χ0) is 31.6. The number of amides is 1. The van der Waals surface area contributed by atoms with Gasteiger partial charge in [-0.15, -0.1) is 0 Å². The van der Waals surface area contributed by atoms with Gasteiger partial charge < -0.3 is 24.3 Å². The Bertz CT molecular complexity index is 1130. The lowest BCUT2D eigenvalue weighted by Crippen LogP contribution is -2.26. The molecule has 0 saturated heterocycles. The number of hydrogen-bond acceptors (Lipinski definition) is 7. The predicted octanol–water partition coefficient (Wildman–Crippen LogP) is 7.35. The Morgan fingerprint density at radius 2 is 1.69 bits per heavy atom. The molecule has 0 aliphatic heterocycles. The van der Waals surface area contributed by atoms with E-state index in [9.17, 15) is 14.4 Å². The van der Waals surface area contributed by atoms with Crippen molar-refractivity contribution in [2.45, 2.75) is 53.6 Å². The predicted molar refractivity (Wildman–Crippen MR) is 168 cm³/mol. The number of carbonyl (C=O) groups is 3. The van der Waals surface area contributed by atoms with Gasteiger partial charge in [0.1, 0.15) is 13.2 Å². The van der Waals surface area contributed by atoms with Crippen LogP contribution in [0.25, 0.3) is 0 Å². The maximum Gasteiger partial charge on any atom is 0.403 e. The van der Waals surface area contributed by atoms with Gasteiger partial charge in [0.15, 0.2) is 11.5 Å². The molecule has 2 aromatic carbocycles. The molecule has 2 aromatic rings. The third-order valence-corrected chi connectivity index (χ3v) is 5.34. The molecule has 0 atom stereocenters. The molecule has 0 aliphatic carbocycles. The summed E-state index contributed by atoms with van der Waals surface area (Å²) in [7, 11) is 1.31. The van der Waals surface area contributed by atoms with Gasteiger partial charge in [0.05, 0.1) is 20.1 Å². The van der Waals surface area contributed by atoms with Gasteiger partial charge in [-0.2, -0.15) is 0 Å². The summed E-state index contributed by atoms with van der Waals surface area (Å²) in [5.41, 5.74) is 2.34. The normalized spacial score (nSPS) is 10.3. The minimum absolute atomic E-state index is 0.0708. The van der Waals surface area contributed by atoms with Crippen molar-refractivity contribution in [2.24, 2.45) is 0 Å². The first-order valence-electron chi connectivity index (χ1n) is 13.8. The van der Waals surface area contributed by atoms with Crippen LogP contribution in [-0.2, 0) is 32.1 Å². The van der Waals surface area contributed by atoms with E-state index in [0.29, 0.717) is 44.3 Å². The van der Waals surface area contributed by atoms with Gasteiger partial charge in [-0.3, -0.25) is 9.59 Å². The summed E-state index contributed by atoms with van der Waals surface area (Å²) in [5.74, 6) is 0.706. The fraction of sp³-hybridized carbons (Fsp3) is 0.364. The summed E-state index contributed by atoms with van der Waals surface area (Å²) in [6, 6.07) is 15.7. The van der Waals surface area contributed by atoms with Crippen LogP contribution in [0.5, 0.6) is 11.5 Å². The van der Waals surface area contributed by atoms with Crippen molar-refractivity contribution >= 4 is 28.9 Å². The molecule has 0 bridgehead atoms. The third kappa shape index (κ3) is 18.3. The van der Waals surface area contributed by atoms with Crippen molar-refractivity contribution in [1.82, 2.24) is 5.32 Å². The molecular weight excluding hydrogens is 558 g/mol. The number of nitrogens with one attached hydrogen (secondary N) is 1. The minimum atomic E-state index is -0.738. The Morgan fingerprint density at radius 3 is 2.26 bits per heavy atom. The summed E-state index contributed by atoms with van der Waals surface area (Å²) >= 11 is 4.72. The number of benzene rings is 2. The SMILES string of the molecule is C=C/C=C\C(=C/C)COc1cc(CCNC(=O)CCC(=O)OC)ccc1OCc1ccccc1.CC.CCOC(=O)Cl. The van der Waals surface area contributed by atoms with Crippen LogP contribution < -0.4 is 14.8 Å². The molecule has 0 saturated carbocycles. The third-order valence-electron chi connectivity index (χ3n) is 5.23. The van der Waals surface area contributed by atoms with Crippen LogP contribution >= 0.6 is 11.6 Å². The highest BCUT2D eigenvalue weighted by Crippen LogP contribution is 2.30. The fourth-order valence-electron chi connectivity index (χ4n) is 3.12. The van der Waals surface area contributed by atoms with Crippen LogP contribution in [0.1, 0.15) is 51.7 Å². The topological polar surface area (TPSA) is 100 Å². The Morgan fingerprint density at radius 1 is 0.976 bits per heavy atom. The van der Waals surface area contributed by atoms with E-state index in [4.69, 9.17) is 21.1 Å². The number of carbonyl (C=O) groups excluding carboxylic acids is 3. The van der Waals surface area contributed by atoms with Gasteiger partial charge in [0.2, 0.25) is 5.91 Å². The van der Waals surface area contributed by atoms with Crippen molar-refractivity contribution < 1.29 is 33.3 Å². The Labute approximate surface area is 255 Å². The lowest BCUT2D eigenvalue weighted by atomic mass is 10.1. The first kappa shape index (κ1) is 38.0. The van der Waals surface area contributed by atoms with Gasteiger partial charge in [0.25, 0.3) is 0 Å². The number of rotatable bonds is 15. The number of halogens is 1. The van der Waals surface area contributed by atoms with Crippen molar-refractivity contribution in [3.05, 3.63) is 96.1 Å². The van der Waals surface area contributed by atoms with Gasteiger partial charge in [0, 0.05) is 24.6 Å². The molecule has 0 radical (unpaired) electrons. The van der Waals surface area contributed by atoms with Gasteiger partial charge >= 0.3 is 11.4 Å². The molecule has 0 heterocycles. The van der Waals surface area contributed by atoms with E-state index in [0.717, 1.165) is 16.7 Å². The van der Waals surface area contributed by atoms with Crippen LogP contribution in [0.2, 0.25) is 0 Å². The molecule has 0 unspecified atom stereocenters. The molecule has 42 heavy (non-hydrogen) atoms. The summed E-state index contributed by atoms with van der Waals surface area (Å²) in [6.07, 6.45) is 8.32. The first-order chi connectivity index (χ1) is 20.3. The lowest BCUT2D eigenvalue weighted by molar-refractivity contribution is -0.142. The smallest absolute Gasteiger partial charge is 0.403 e. The summed E-state index contributed by atoms with van der Waals surface area (Å²) in [6.45, 7) is 13.0. The molecule has 2 rings (SSSR count). The van der Waals surface area contributed by atoms with E-state index in [-0.39, 0.29) is 18.7 Å². The summed E-state index contributed by atoms with van der Waals surface area (Å²) in [5, 5.41) is 2.83. The largest absolute Gasteiger partial charge is 0.485 e. The lowest BCUT2D eigenvalue weighted by Gasteiger charge is -2.15. The second kappa shape index (κ2) is 24.7. The minimum Gasteiger partial charge on any atom is -0.485 e. The highest BCUT2D eigenvalue weighted by atomic mass is 35.5. The average Bonchev–Trinajstić information content (AvgIpc) is 3.01. The standard InChI is InChI=1S/C28H33NO5.C3H5ClO2.C2H6/c1-4-6-10-22(5-2)20-34-26-19-23(17-18-29-27(30)15-16-28(31)32-3)13-14-25(26)33-21-24-11-8-7-9-12-24;1-2-6-3(4)5;1-2/h4-14,19H,1,15-18,20-21H2,2-3H3,(H,29,30);2H2,1H3;1-2H3/b10-6-,22-5+;;. The Hall–Kier alpha value is -4.04. The second-order valence-electron chi connectivity index (χ2n) is 8.15. The first-order valence-corrected chi connectivity index (χ1v) is 14.2. The molecule has 1 amide bonds. The molecule has 9 heteroatoms. The van der Waals surface area contributed by atoms with E-state index in [1.54, 1.807) is 13.0 Å². The summed E-state index contributed by atoms with van der Waals surface area (Å²) in [4.78, 5) is 32.7. The van der Waals surface area contributed by atoms with E-state index in [1.165, 1.54) is 7.11 Å². The number of esters is 1. The monoisotopic (exact) mass is 601 g/mol. The zero-order valence-electron chi connectivity index (χ0n) is 25.3. The van der Waals surface area contributed by atoms with Crippen molar-refractivity contribution in [1.29, 1.82) is 0 Å². The highest BCUT2D eigenvalue weighted by Gasteiger charge is 2.10. The maximum absolute atomic E-state index is 11.9. The maximum atomic E-state index is 11.9. The molecule has 8 nitrogen and oxygen atoms in total. The molecule has 0 fully saturated rings. The van der Waals surface area contributed by atoms with Crippen LogP contribution in [0.4, 0.5) is 4.79 Å². The quantitative estimate of drug-likeness (QED) is 0.129. The van der Waals surface area contributed by atoms with Crippen molar-refractivity contribution in [2.75, 3.05) is 26.9 Å². The number of ether oxygens (including phenoxy) is 4. The van der Waals surface area contributed by atoms with Gasteiger partial charge in [-0.25, -0.2) is 4.79 Å². The second-order valence-corrected chi connectivity index (χ2v) is 8.46. The highest BCUT2D eigenvalue weighted by molar-refractivity contribution is 6.61. The van der Waals surface area contributed by atoms with Crippen molar-refractivity contribution in [3.63, 3.8) is 0 Å². The fourth-order valence-corrected chi connectivity index (χ4v) is 3.23. The average molecular weight is 602 g/mol.